The molecule has 2 rings (SSSR count). The van der Waals surface area contributed by atoms with Crippen molar-refractivity contribution in [3.8, 4) is 23.0 Å². The fourth-order valence-corrected chi connectivity index (χ4v) is 1.54. The average Bonchev–Trinajstić information content (AvgIpc) is 2.37. The molecule has 0 spiro atoms. The minimum atomic E-state index is -1.43. The Hall–Kier alpha value is -3.22. The van der Waals surface area contributed by atoms with Gasteiger partial charge in [-0.2, -0.15) is 0 Å². The molecule has 2 aromatic carbocycles. The first-order valence-corrected chi connectivity index (χ1v) is 5.72. The molecular weight excluding hydrogens is 280 g/mol. The van der Waals surface area contributed by atoms with Crippen LogP contribution in [0.4, 0.5) is 9.59 Å². The standard InChI is InChI=1S/C14H10O7/c15-13(16)20-11-5-1-3-9(7-11)19-10-4-2-6-12(8-10)21-14(17)18/h1-8H,(H,15,16)(H,17,18). The van der Waals surface area contributed by atoms with E-state index in [2.05, 4.69) is 9.47 Å². The van der Waals surface area contributed by atoms with E-state index < -0.39 is 12.3 Å². The van der Waals surface area contributed by atoms with Crippen LogP contribution in [-0.2, 0) is 0 Å². The van der Waals surface area contributed by atoms with Crippen molar-refractivity contribution in [1.29, 1.82) is 0 Å². The fraction of sp³-hybridized carbons (Fsp3) is 0. The maximum absolute atomic E-state index is 10.5. The van der Waals surface area contributed by atoms with Gasteiger partial charge in [-0.1, -0.05) is 12.1 Å². The molecule has 0 atom stereocenters. The number of hydrogen-bond acceptors (Lipinski definition) is 5. The first kappa shape index (κ1) is 14.2. The maximum atomic E-state index is 10.5. The summed E-state index contributed by atoms with van der Waals surface area (Å²) < 4.78 is 14.5. The van der Waals surface area contributed by atoms with Crippen LogP contribution in [0.5, 0.6) is 23.0 Å². The molecule has 2 aromatic rings. The summed E-state index contributed by atoms with van der Waals surface area (Å²) in [6, 6.07) is 12.0. The van der Waals surface area contributed by atoms with Crippen LogP contribution in [0, 0.1) is 0 Å². The van der Waals surface area contributed by atoms with Crippen LogP contribution < -0.4 is 14.2 Å². The van der Waals surface area contributed by atoms with E-state index in [1.807, 2.05) is 0 Å². The lowest BCUT2D eigenvalue weighted by Gasteiger charge is -2.08. The lowest BCUT2D eigenvalue weighted by Crippen LogP contribution is -2.03. The van der Waals surface area contributed by atoms with Gasteiger partial charge < -0.3 is 24.4 Å². The van der Waals surface area contributed by atoms with Gasteiger partial charge in [-0.05, 0) is 24.3 Å². The van der Waals surface area contributed by atoms with E-state index in [4.69, 9.17) is 14.9 Å². The van der Waals surface area contributed by atoms with Crippen molar-refractivity contribution in [2.45, 2.75) is 0 Å². The molecule has 2 N–H and O–H groups in total. The second kappa shape index (κ2) is 6.29. The van der Waals surface area contributed by atoms with Crippen molar-refractivity contribution < 1.29 is 34.0 Å². The zero-order valence-electron chi connectivity index (χ0n) is 10.6. The van der Waals surface area contributed by atoms with Crippen LogP contribution in [0.3, 0.4) is 0 Å². The van der Waals surface area contributed by atoms with Gasteiger partial charge in [0.25, 0.3) is 0 Å². The second-order valence-corrected chi connectivity index (χ2v) is 3.79. The lowest BCUT2D eigenvalue weighted by atomic mass is 10.3. The Morgan fingerprint density at radius 2 is 1.10 bits per heavy atom. The number of rotatable bonds is 4. The molecule has 7 heteroatoms. The van der Waals surface area contributed by atoms with Gasteiger partial charge in [0, 0.05) is 12.1 Å². The summed E-state index contributed by atoms with van der Waals surface area (Å²) in [5.74, 6) is 0.887. The summed E-state index contributed by atoms with van der Waals surface area (Å²) in [5, 5.41) is 17.1. The van der Waals surface area contributed by atoms with E-state index in [1.54, 1.807) is 24.3 Å². The summed E-state index contributed by atoms with van der Waals surface area (Å²) in [5.41, 5.74) is 0. The normalized spacial score (nSPS) is 9.71. The molecule has 0 aliphatic heterocycles. The van der Waals surface area contributed by atoms with Gasteiger partial charge in [-0.25, -0.2) is 9.59 Å². The summed E-state index contributed by atoms with van der Waals surface area (Å²) in [6.07, 6.45) is -2.85. The van der Waals surface area contributed by atoms with Gasteiger partial charge in [0.2, 0.25) is 0 Å². The molecule has 0 radical (unpaired) electrons. The molecule has 0 saturated heterocycles. The molecule has 0 aliphatic rings. The monoisotopic (exact) mass is 290 g/mol. The second-order valence-electron chi connectivity index (χ2n) is 3.79. The molecule has 0 unspecified atom stereocenters. The molecule has 0 heterocycles. The topological polar surface area (TPSA) is 102 Å². The number of carbonyl (C=O) groups is 2. The van der Waals surface area contributed by atoms with E-state index in [9.17, 15) is 9.59 Å². The van der Waals surface area contributed by atoms with Crippen molar-refractivity contribution in [3.05, 3.63) is 48.5 Å². The zero-order chi connectivity index (χ0) is 15.2. The molecular formula is C14H10O7. The Balaban J connectivity index is 2.14. The highest BCUT2D eigenvalue weighted by atomic mass is 16.7. The predicted molar refractivity (Wildman–Crippen MR) is 70.3 cm³/mol. The number of carboxylic acid groups (broad SMARTS) is 2. The van der Waals surface area contributed by atoms with Crippen molar-refractivity contribution in [3.63, 3.8) is 0 Å². The minimum Gasteiger partial charge on any atom is -0.457 e. The van der Waals surface area contributed by atoms with Crippen molar-refractivity contribution >= 4 is 12.3 Å². The van der Waals surface area contributed by atoms with Gasteiger partial charge in [0.15, 0.2) is 0 Å². The van der Waals surface area contributed by atoms with Crippen LogP contribution in [0.1, 0.15) is 0 Å². The van der Waals surface area contributed by atoms with E-state index in [0.717, 1.165) is 0 Å². The summed E-state index contributed by atoms with van der Waals surface area (Å²) in [4.78, 5) is 20.9. The van der Waals surface area contributed by atoms with Crippen LogP contribution in [0.15, 0.2) is 48.5 Å². The first-order chi connectivity index (χ1) is 10.0. The van der Waals surface area contributed by atoms with Crippen molar-refractivity contribution in [2.24, 2.45) is 0 Å². The molecule has 108 valence electrons. The van der Waals surface area contributed by atoms with Crippen LogP contribution in [-0.4, -0.2) is 22.5 Å². The van der Waals surface area contributed by atoms with Gasteiger partial charge >= 0.3 is 12.3 Å². The highest BCUT2D eigenvalue weighted by Crippen LogP contribution is 2.27. The van der Waals surface area contributed by atoms with Crippen LogP contribution >= 0.6 is 0 Å². The molecule has 0 bridgehead atoms. The molecule has 7 nitrogen and oxygen atoms in total. The predicted octanol–water partition coefficient (Wildman–Crippen LogP) is 3.59. The third-order valence-corrected chi connectivity index (χ3v) is 2.26. The molecule has 0 amide bonds. The zero-order valence-corrected chi connectivity index (χ0v) is 10.6. The molecule has 0 fully saturated rings. The van der Waals surface area contributed by atoms with Crippen LogP contribution in [0.25, 0.3) is 0 Å². The molecule has 0 aliphatic carbocycles. The van der Waals surface area contributed by atoms with Crippen molar-refractivity contribution in [2.75, 3.05) is 0 Å². The Morgan fingerprint density at radius 1 is 0.714 bits per heavy atom. The van der Waals surface area contributed by atoms with E-state index in [1.165, 1.54) is 24.3 Å². The Bertz CT molecular complexity index is 608. The Labute approximate surface area is 118 Å². The van der Waals surface area contributed by atoms with E-state index in [0.29, 0.717) is 11.5 Å². The number of ether oxygens (including phenoxy) is 3. The summed E-state index contributed by atoms with van der Waals surface area (Å²) in [6.45, 7) is 0. The smallest absolute Gasteiger partial charge is 0.457 e. The maximum Gasteiger partial charge on any atom is 0.511 e. The largest absolute Gasteiger partial charge is 0.511 e. The third kappa shape index (κ3) is 4.43. The van der Waals surface area contributed by atoms with Gasteiger partial charge in [-0.3, -0.25) is 0 Å². The summed E-state index contributed by atoms with van der Waals surface area (Å²) >= 11 is 0. The number of benzene rings is 2. The Morgan fingerprint density at radius 3 is 1.48 bits per heavy atom. The van der Waals surface area contributed by atoms with E-state index in [-0.39, 0.29) is 11.5 Å². The molecule has 0 aromatic heterocycles. The fourth-order valence-electron chi connectivity index (χ4n) is 1.54. The van der Waals surface area contributed by atoms with Gasteiger partial charge in [0.05, 0.1) is 0 Å². The third-order valence-electron chi connectivity index (χ3n) is 2.26. The molecule has 0 saturated carbocycles. The molecule has 21 heavy (non-hydrogen) atoms. The lowest BCUT2D eigenvalue weighted by molar-refractivity contribution is 0.143. The highest BCUT2D eigenvalue weighted by Gasteiger charge is 2.06. The highest BCUT2D eigenvalue weighted by molar-refractivity contribution is 5.62. The van der Waals surface area contributed by atoms with Gasteiger partial charge in [-0.15, -0.1) is 0 Å². The Kier molecular flexibility index (Phi) is 4.25. The quantitative estimate of drug-likeness (QED) is 0.655. The minimum absolute atomic E-state index is 0.109. The van der Waals surface area contributed by atoms with E-state index >= 15 is 0 Å². The average molecular weight is 290 g/mol. The SMILES string of the molecule is O=C(O)Oc1cccc(Oc2cccc(OC(=O)O)c2)c1. The number of hydrogen-bond donors (Lipinski definition) is 2. The van der Waals surface area contributed by atoms with Crippen molar-refractivity contribution in [1.82, 2.24) is 0 Å². The summed E-state index contributed by atoms with van der Waals surface area (Å²) in [7, 11) is 0. The van der Waals surface area contributed by atoms with Crippen LogP contribution in [0.2, 0.25) is 0 Å². The van der Waals surface area contributed by atoms with Gasteiger partial charge in [0.1, 0.15) is 23.0 Å². The first-order valence-electron chi connectivity index (χ1n) is 5.72.